The average molecular weight is 359 g/mol. The Morgan fingerprint density at radius 1 is 1.04 bits per heavy atom. The number of guanidine groups is 1. The first kappa shape index (κ1) is 19.7. The SMILES string of the molecule is CN=C(NCCc1ccccc1F)NCc1ccc(OCCOC)cc1. The van der Waals surface area contributed by atoms with Crippen molar-refractivity contribution >= 4 is 5.96 Å². The predicted octanol–water partition coefficient (Wildman–Crippen LogP) is 2.76. The zero-order valence-corrected chi connectivity index (χ0v) is 15.3. The maximum Gasteiger partial charge on any atom is 0.191 e. The summed E-state index contributed by atoms with van der Waals surface area (Å²) in [5, 5.41) is 6.44. The van der Waals surface area contributed by atoms with E-state index in [1.807, 2.05) is 30.3 Å². The van der Waals surface area contributed by atoms with Crippen molar-refractivity contribution in [3.63, 3.8) is 0 Å². The van der Waals surface area contributed by atoms with Gasteiger partial charge in [0, 0.05) is 27.2 Å². The molecule has 2 aromatic rings. The quantitative estimate of drug-likeness (QED) is 0.411. The fourth-order valence-corrected chi connectivity index (χ4v) is 2.37. The lowest BCUT2D eigenvalue weighted by Crippen LogP contribution is -2.37. The van der Waals surface area contributed by atoms with Crippen molar-refractivity contribution in [3.8, 4) is 5.75 Å². The summed E-state index contributed by atoms with van der Waals surface area (Å²) in [6.45, 7) is 2.34. The van der Waals surface area contributed by atoms with Crippen molar-refractivity contribution < 1.29 is 13.9 Å². The van der Waals surface area contributed by atoms with Crippen LogP contribution in [0.2, 0.25) is 0 Å². The third kappa shape index (κ3) is 6.72. The van der Waals surface area contributed by atoms with E-state index in [0.717, 1.165) is 11.3 Å². The van der Waals surface area contributed by atoms with Gasteiger partial charge in [0.25, 0.3) is 0 Å². The van der Waals surface area contributed by atoms with Gasteiger partial charge >= 0.3 is 0 Å². The number of rotatable bonds is 9. The van der Waals surface area contributed by atoms with E-state index in [0.29, 0.717) is 44.2 Å². The Hall–Kier alpha value is -2.60. The number of ether oxygens (including phenoxy) is 2. The van der Waals surface area contributed by atoms with Crippen LogP contribution in [0.15, 0.2) is 53.5 Å². The first-order valence-corrected chi connectivity index (χ1v) is 8.61. The highest BCUT2D eigenvalue weighted by Gasteiger charge is 2.02. The van der Waals surface area contributed by atoms with Crippen LogP contribution in [0.25, 0.3) is 0 Å². The molecule has 0 atom stereocenters. The number of methoxy groups -OCH3 is 1. The number of aliphatic imine (C=N–C) groups is 1. The Bertz CT molecular complexity index is 690. The van der Waals surface area contributed by atoms with Crippen LogP contribution in [-0.4, -0.2) is 39.9 Å². The molecule has 0 radical (unpaired) electrons. The van der Waals surface area contributed by atoms with E-state index in [1.165, 1.54) is 6.07 Å². The topological polar surface area (TPSA) is 54.9 Å². The van der Waals surface area contributed by atoms with Crippen molar-refractivity contribution in [2.24, 2.45) is 4.99 Å². The van der Waals surface area contributed by atoms with Gasteiger partial charge in [0.05, 0.1) is 6.61 Å². The molecule has 5 nitrogen and oxygen atoms in total. The molecule has 0 fully saturated rings. The van der Waals surface area contributed by atoms with E-state index in [9.17, 15) is 4.39 Å². The summed E-state index contributed by atoms with van der Waals surface area (Å²) < 4.78 is 24.1. The minimum atomic E-state index is -0.176. The zero-order valence-electron chi connectivity index (χ0n) is 15.3. The van der Waals surface area contributed by atoms with Gasteiger partial charge < -0.3 is 20.1 Å². The number of nitrogens with one attached hydrogen (secondary N) is 2. The Morgan fingerprint density at radius 2 is 1.81 bits per heavy atom. The van der Waals surface area contributed by atoms with Crippen LogP contribution in [0, 0.1) is 5.82 Å². The minimum Gasteiger partial charge on any atom is -0.491 e. The molecule has 0 bridgehead atoms. The molecule has 0 saturated carbocycles. The molecule has 0 heterocycles. The Labute approximate surface area is 154 Å². The van der Waals surface area contributed by atoms with Crippen LogP contribution >= 0.6 is 0 Å². The first-order valence-electron chi connectivity index (χ1n) is 8.61. The van der Waals surface area contributed by atoms with E-state index in [-0.39, 0.29) is 5.82 Å². The van der Waals surface area contributed by atoms with E-state index >= 15 is 0 Å². The summed E-state index contributed by atoms with van der Waals surface area (Å²) in [6, 6.07) is 14.7. The van der Waals surface area contributed by atoms with E-state index in [1.54, 1.807) is 26.3 Å². The molecule has 0 amide bonds. The largest absolute Gasteiger partial charge is 0.491 e. The van der Waals surface area contributed by atoms with Crippen LogP contribution in [0.4, 0.5) is 4.39 Å². The van der Waals surface area contributed by atoms with Gasteiger partial charge in [0.15, 0.2) is 5.96 Å². The molecule has 0 aliphatic rings. The summed E-state index contributed by atoms with van der Waals surface area (Å²) in [7, 11) is 3.36. The van der Waals surface area contributed by atoms with Crippen molar-refractivity contribution in [2.75, 3.05) is 33.9 Å². The summed E-state index contributed by atoms with van der Waals surface area (Å²) in [5.41, 5.74) is 1.81. The fourth-order valence-electron chi connectivity index (χ4n) is 2.37. The lowest BCUT2D eigenvalue weighted by Gasteiger charge is -2.12. The highest BCUT2D eigenvalue weighted by Crippen LogP contribution is 2.12. The lowest BCUT2D eigenvalue weighted by atomic mass is 10.1. The molecule has 2 rings (SSSR count). The predicted molar refractivity (Wildman–Crippen MR) is 102 cm³/mol. The smallest absolute Gasteiger partial charge is 0.191 e. The molecule has 0 aliphatic heterocycles. The molecule has 26 heavy (non-hydrogen) atoms. The molecule has 0 saturated heterocycles. The third-order valence-electron chi connectivity index (χ3n) is 3.81. The number of nitrogens with zero attached hydrogens (tertiary/aromatic N) is 1. The van der Waals surface area contributed by atoms with E-state index in [4.69, 9.17) is 9.47 Å². The van der Waals surface area contributed by atoms with Crippen LogP contribution in [0.1, 0.15) is 11.1 Å². The highest BCUT2D eigenvalue weighted by atomic mass is 19.1. The lowest BCUT2D eigenvalue weighted by molar-refractivity contribution is 0.146. The van der Waals surface area contributed by atoms with Crippen molar-refractivity contribution in [1.82, 2.24) is 10.6 Å². The van der Waals surface area contributed by atoms with Gasteiger partial charge in [-0.1, -0.05) is 30.3 Å². The van der Waals surface area contributed by atoms with E-state index in [2.05, 4.69) is 15.6 Å². The molecule has 2 aromatic carbocycles. The van der Waals surface area contributed by atoms with Crippen molar-refractivity contribution in [3.05, 3.63) is 65.5 Å². The summed E-state index contributed by atoms with van der Waals surface area (Å²) in [5.74, 6) is 1.32. The van der Waals surface area contributed by atoms with Gasteiger partial charge in [-0.2, -0.15) is 0 Å². The average Bonchev–Trinajstić information content (AvgIpc) is 2.67. The molecular formula is C20H26FN3O2. The third-order valence-corrected chi connectivity index (χ3v) is 3.81. The minimum absolute atomic E-state index is 0.176. The molecule has 2 N–H and O–H groups in total. The standard InChI is InChI=1S/C20H26FN3O2/c1-22-20(23-12-11-17-5-3-4-6-19(17)21)24-15-16-7-9-18(10-8-16)26-14-13-25-2/h3-10H,11-15H2,1-2H3,(H2,22,23,24). The molecule has 0 aliphatic carbocycles. The molecule has 140 valence electrons. The summed E-state index contributed by atoms with van der Waals surface area (Å²) in [4.78, 5) is 4.19. The summed E-state index contributed by atoms with van der Waals surface area (Å²) >= 11 is 0. The van der Waals surface area contributed by atoms with E-state index < -0.39 is 0 Å². The van der Waals surface area contributed by atoms with Gasteiger partial charge in [-0.05, 0) is 35.7 Å². The molecule has 6 heteroatoms. The number of benzene rings is 2. The monoisotopic (exact) mass is 359 g/mol. The van der Waals surface area contributed by atoms with Crippen LogP contribution in [-0.2, 0) is 17.7 Å². The second-order valence-electron chi connectivity index (χ2n) is 5.68. The van der Waals surface area contributed by atoms with Gasteiger partial charge in [0.2, 0.25) is 0 Å². The molecular weight excluding hydrogens is 333 g/mol. The van der Waals surface area contributed by atoms with Crippen LogP contribution in [0.3, 0.4) is 0 Å². The highest BCUT2D eigenvalue weighted by molar-refractivity contribution is 5.79. The van der Waals surface area contributed by atoms with Crippen molar-refractivity contribution in [1.29, 1.82) is 0 Å². The molecule has 0 unspecified atom stereocenters. The molecule has 0 spiro atoms. The summed E-state index contributed by atoms with van der Waals surface area (Å²) in [6.07, 6.45) is 0.598. The zero-order chi connectivity index (χ0) is 18.6. The van der Waals surface area contributed by atoms with Crippen LogP contribution in [0.5, 0.6) is 5.75 Å². The Balaban J connectivity index is 1.73. The Morgan fingerprint density at radius 3 is 2.50 bits per heavy atom. The van der Waals surface area contributed by atoms with Gasteiger partial charge in [-0.3, -0.25) is 4.99 Å². The van der Waals surface area contributed by atoms with Crippen molar-refractivity contribution in [2.45, 2.75) is 13.0 Å². The Kier molecular flexibility index (Phi) is 8.42. The second kappa shape index (κ2) is 11.1. The number of halogens is 1. The molecule has 0 aromatic heterocycles. The maximum absolute atomic E-state index is 13.6. The van der Waals surface area contributed by atoms with Gasteiger partial charge in [-0.25, -0.2) is 4.39 Å². The first-order chi connectivity index (χ1) is 12.7. The van der Waals surface area contributed by atoms with Gasteiger partial charge in [-0.15, -0.1) is 0 Å². The second-order valence-corrected chi connectivity index (χ2v) is 5.68. The maximum atomic E-state index is 13.6. The van der Waals surface area contributed by atoms with Gasteiger partial charge in [0.1, 0.15) is 18.2 Å². The normalized spacial score (nSPS) is 11.3. The number of hydrogen-bond acceptors (Lipinski definition) is 3. The van der Waals surface area contributed by atoms with Crippen LogP contribution < -0.4 is 15.4 Å². The fraction of sp³-hybridized carbons (Fsp3) is 0.350. The number of hydrogen-bond donors (Lipinski definition) is 2.